The third kappa shape index (κ3) is 3.55. The van der Waals surface area contributed by atoms with Gasteiger partial charge in [-0.15, -0.1) is 0 Å². The monoisotopic (exact) mass is 170 g/mol. The van der Waals surface area contributed by atoms with E-state index >= 15 is 0 Å². The third-order valence-electron chi connectivity index (χ3n) is 2.72. The van der Waals surface area contributed by atoms with Crippen LogP contribution in [0.3, 0.4) is 0 Å². The minimum atomic E-state index is 0.489. The van der Waals surface area contributed by atoms with Gasteiger partial charge in [0, 0.05) is 6.04 Å². The minimum absolute atomic E-state index is 0.489. The van der Waals surface area contributed by atoms with E-state index in [4.69, 9.17) is 5.73 Å². The Morgan fingerprint density at radius 3 is 2.83 bits per heavy atom. The number of rotatable bonds is 5. The van der Waals surface area contributed by atoms with Crippen molar-refractivity contribution in [2.24, 2.45) is 11.7 Å². The molecule has 2 atom stereocenters. The van der Waals surface area contributed by atoms with Gasteiger partial charge in [0.25, 0.3) is 0 Å². The smallest absolute Gasteiger partial charge is 0.00420 e. The van der Waals surface area contributed by atoms with Crippen LogP contribution in [0.15, 0.2) is 0 Å². The SMILES string of the molecule is CCCCNCC1CCC(N)C1. The zero-order valence-electron chi connectivity index (χ0n) is 8.18. The predicted octanol–water partition coefficient (Wildman–Crippen LogP) is 1.50. The van der Waals surface area contributed by atoms with Crippen molar-refractivity contribution in [3.63, 3.8) is 0 Å². The van der Waals surface area contributed by atoms with E-state index in [9.17, 15) is 0 Å². The Morgan fingerprint density at radius 2 is 2.25 bits per heavy atom. The topological polar surface area (TPSA) is 38.0 Å². The predicted molar refractivity (Wildman–Crippen MR) is 53.1 cm³/mol. The zero-order valence-corrected chi connectivity index (χ0v) is 8.18. The molecule has 1 fully saturated rings. The molecule has 2 heteroatoms. The minimum Gasteiger partial charge on any atom is -0.328 e. The average Bonchev–Trinajstić information content (AvgIpc) is 2.45. The van der Waals surface area contributed by atoms with Gasteiger partial charge < -0.3 is 11.1 Å². The van der Waals surface area contributed by atoms with Crippen LogP contribution in [0.1, 0.15) is 39.0 Å². The highest BCUT2D eigenvalue weighted by Gasteiger charge is 2.20. The third-order valence-corrected chi connectivity index (χ3v) is 2.72. The Labute approximate surface area is 75.9 Å². The summed E-state index contributed by atoms with van der Waals surface area (Å²) < 4.78 is 0. The lowest BCUT2D eigenvalue weighted by Crippen LogP contribution is -2.23. The molecule has 12 heavy (non-hydrogen) atoms. The number of unbranched alkanes of at least 4 members (excludes halogenated alkanes) is 1. The summed E-state index contributed by atoms with van der Waals surface area (Å²) in [6.45, 7) is 4.60. The second kappa shape index (κ2) is 5.55. The summed E-state index contributed by atoms with van der Waals surface area (Å²) in [5.41, 5.74) is 5.83. The highest BCUT2D eigenvalue weighted by atomic mass is 14.9. The second-order valence-electron chi connectivity index (χ2n) is 4.00. The van der Waals surface area contributed by atoms with E-state index in [1.807, 2.05) is 0 Å². The van der Waals surface area contributed by atoms with Crippen LogP contribution in [0.5, 0.6) is 0 Å². The Balaban J connectivity index is 1.93. The van der Waals surface area contributed by atoms with Gasteiger partial charge in [-0.2, -0.15) is 0 Å². The van der Waals surface area contributed by atoms with Crippen molar-refractivity contribution >= 4 is 0 Å². The molecular formula is C10H22N2. The molecule has 0 aromatic rings. The highest BCUT2D eigenvalue weighted by Crippen LogP contribution is 2.22. The van der Waals surface area contributed by atoms with Crippen molar-refractivity contribution in [2.75, 3.05) is 13.1 Å². The summed E-state index contributed by atoms with van der Waals surface area (Å²) in [6, 6.07) is 0.489. The normalized spacial score (nSPS) is 29.5. The van der Waals surface area contributed by atoms with Crippen LogP contribution in [0.2, 0.25) is 0 Å². The van der Waals surface area contributed by atoms with E-state index in [1.54, 1.807) is 0 Å². The maximum atomic E-state index is 5.83. The van der Waals surface area contributed by atoms with Gasteiger partial charge in [0.15, 0.2) is 0 Å². The molecule has 0 aromatic carbocycles. The molecule has 2 nitrogen and oxygen atoms in total. The molecule has 0 bridgehead atoms. The summed E-state index contributed by atoms with van der Waals surface area (Å²) >= 11 is 0. The standard InChI is InChI=1S/C10H22N2/c1-2-3-6-12-8-9-4-5-10(11)7-9/h9-10,12H,2-8,11H2,1H3. The molecule has 3 N–H and O–H groups in total. The quantitative estimate of drug-likeness (QED) is 0.614. The van der Waals surface area contributed by atoms with Crippen LogP contribution in [-0.4, -0.2) is 19.1 Å². The number of nitrogens with two attached hydrogens (primary N) is 1. The molecule has 1 rings (SSSR count). The summed E-state index contributed by atoms with van der Waals surface area (Å²) in [7, 11) is 0. The average molecular weight is 170 g/mol. The molecule has 2 unspecified atom stereocenters. The first-order valence-corrected chi connectivity index (χ1v) is 5.29. The molecule has 0 aliphatic heterocycles. The fourth-order valence-corrected chi connectivity index (χ4v) is 1.91. The maximum Gasteiger partial charge on any atom is 0.00420 e. The summed E-state index contributed by atoms with van der Waals surface area (Å²) in [6.07, 6.45) is 6.40. The van der Waals surface area contributed by atoms with Gasteiger partial charge in [-0.3, -0.25) is 0 Å². The lowest BCUT2D eigenvalue weighted by atomic mass is 10.1. The Hall–Kier alpha value is -0.0800. The van der Waals surface area contributed by atoms with Gasteiger partial charge in [0.05, 0.1) is 0 Å². The number of nitrogens with one attached hydrogen (secondary N) is 1. The van der Waals surface area contributed by atoms with Gasteiger partial charge in [-0.1, -0.05) is 13.3 Å². The van der Waals surface area contributed by atoms with Gasteiger partial charge in [0.1, 0.15) is 0 Å². The maximum absolute atomic E-state index is 5.83. The van der Waals surface area contributed by atoms with Crippen molar-refractivity contribution in [3.8, 4) is 0 Å². The van der Waals surface area contributed by atoms with Crippen molar-refractivity contribution in [1.82, 2.24) is 5.32 Å². The second-order valence-corrected chi connectivity index (χ2v) is 4.00. The number of hydrogen-bond acceptors (Lipinski definition) is 2. The molecule has 1 saturated carbocycles. The fourth-order valence-electron chi connectivity index (χ4n) is 1.91. The first-order chi connectivity index (χ1) is 5.83. The van der Waals surface area contributed by atoms with Crippen molar-refractivity contribution in [2.45, 2.75) is 45.1 Å². The molecule has 0 amide bonds. The molecule has 0 spiro atoms. The molecule has 1 aliphatic rings. The fraction of sp³-hybridized carbons (Fsp3) is 1.00. The molecule has 0 saturated heterocycles. The van der Waals surface area contributed by atoms with Crippen LogP contribution in [-0.2, 0) is 0 Å². The molecular weight excluding hydrogens is 148 g/mol. The van der Waals surface area contributed by atoms with E-state index in [0.29, 0.717) is 6.04 Å². The van der Waals surface area contributed by atoms with E-state index in [1.165, 1.54) is 45.2 Å². The van der Waals surface area contributed by atoms with Crippen LogP contribution >= 0.6 is 0 Å². The Kier molecular flexibility index (Phi) is 4.62. The number of hydrogen-bond donors (Lipinski definition) is 2. The van der Waals surface area contributed by atoms with E-state index in [-0.39, 0.29) is 0 Å². The van der Waals surface area contributed by atoms with E-state index in [2.05, 4.69) is 12.2 Å². The van der Waals surface area contributed by atoms with Crippen LogP contribution < -0.4 is 11.1 Å². The van der Waals surface area contributed by atoms with Crippen LogP contribution in [0.4, 0.5) is 0 Å². The first-order valence-electron chi connectivity index (χ1n) is 5.29. The summed E-state index contributed by atoms with van der Waals surface area (Å²) in [5, 5.41) is 3.49. The molecule has 1 aliphatic carbocycles. The molecule has 72 valence electrons. The van der Waals surface area contributed by atoms with E-state index in [0.717, 1.165) is 5.92 Å². The molecule has 0 heterocycles. The van der Waals surface area contributed by atoms with Crippen LogP contribution in [0.25, 0.3) is 0 Å². The lowest BCUT2D eigenvalue weighted by Gasteiger charge is -2.10. The van der Waals surface area contributed by atoms with Crippen molar-refractivity contribution < 1.29 is 0 Å². The van der Waals surface area contributed by atoms with E-state index < -0.39 is 0 Å². The Bertz CT molecular complexity index is 114. The van der Waals surface area contributed by atoms with Crippen molar-refractivity contribution in [1.29, 1.82) is 0 Å². The zero-order chi connectivity index (χ0) is 8.81. The highest BCUT2D eigenvalue weighted by molar-refractivity contribution is 4.78. The van der Waals surface area contributed by atoms with Crippen molar-refractivity contribution in [3.05, 3.63) is 0 Å². The van der Waals surface area contributed by atoms with Gasteiger partial charge in [0.2, 0.25) is 0 Å². The molecule has 0 aromatic heterocycles. The largest absolute Gasteiger partial charge is 0.328 e. The van der Waals surface area contributed by atoms with Gasteiger partial charge in [-0.25, -0.2) is 0 Å². The first kappa shape index (κ1) is 10.0. The molecule has 0 radical (unpaired) electrons. The summed E-state index contributed by atoms with van der Waals surface area (Å²) in [4.78, 5) is 0. The van der Waals surface area contributed by atoms with Gasteiger partial charge in [-0.05, 0) is 44.7 Å². The summed E-state index contributed by atoms with van der Waals surface area (Å²) in [5.74, 6) is 0.858. The lowest BCUT2D eigenvalue weighted by molar-refractivity contribution is 0.478. The Morgan fingerprint density at radius 1 is 1.42 bits per heavy atom. The van der Waals surface area contributed by atoms with Gasteiger partial charge >= 0.3 is 0 Å². The van der Waals surface area contributed by atoms with Crippen LogP contribution in [0, 0.1) is 5.92 Å².